The molecule has 12 heteroatoms. The highest BCUT2D eigenvalue weighted by Crippen LogP contribution is 2.22. The fourth-order valence-electron chi connectivity index (χ4n) is 4.27. The second-order valence-corrected chi connectivity index (χ2v) is 8.39. The van der Waals surface area contributed by atoms with Crippen molar-refractivity contribution < 1.29 is 19.4 Å². The number of amides is 1. The van der Waals surface area contributed by atoms with Gasteiger partial charge in [-0.25, -0.2) is 4.98 Å². The molecule has 0 aromatic carbocycles. The molecule has 0 bridgehead atoms. The fraction of sp³-hybridized carbons (Fsp3) is 0.455. The molecule has 1 unspecified atom stereocenters. The van der Waals surface area contributed by atoms with Crippen molar-refractivity contribution in [2.24, 2.45) is 0 Å². The van der Waals surface area contributed by atoms with Crippen LogP contribution in [0.1, 0.15) is 29.2 Å². The van der Waals surface area contributed by atoms with Crippen molar-refractivity contribution >= 4 is 28.9 Å². The zero-order valence-corrected chi connectivity index (χ0v) is 18.7. The predicted octanol–water partition coefficient (Wildman–Crippen LogP) is 0.517. The molecule has 0 radical (unpaired) electrons. The highest BCUT2D eigenvalue weighted by Gasteiger charge is 2.29. The number of aliphatic hydroxyl groups is 1. The minimum Gasteiger partial charge on any atom is -0.388 e. The average molecular weight is 470 g/mol. The third kappa shape index (κ3) is 4.22. The monoisotopic (exact) mass is 469 g/mol. The van der Waals surface area contributed by atoms with Crippen LogP contribution in [-0.4, -0.2) is 75.8 Å². The quantitative estimate of drug-likeness (QED) is 0.406. The van der Waals surface area contributed by atoms with E-state index in [2.05, 4.69) is 26.0 Å². The number of carbonyl (C=O) groups is 1. The maximum Gasteiger partial charge on any atom is 0.274 e. The van der Waals surface area contributed by atoms with Gasteiger partial charge in [-0.05, 0) is 25.0 Å². The first-order chi connectivity index (χ1) is 16.5. The van der Waals surface area contributed by atoms with E-state index < -0.39 is 18.1 Å². The molecule has 3 aromatic rings. The van der Waals surface area contributed by atoms with Crippen molar-refractivity contribution in [3.05, 3.63) is 46.5 Å². The van der Waals surface area contributed by atoms with Gasteiger partial charge in [-0.1, -0.05) is 0 Å². The topological polar surface area (TPSA) is 144 Å². The van der Waals surface area contributed by atoms with Gasteiger partial charge in [0.2, 0.25) is 0 Å². The lowest BCUT2D eigenvalue weighted by atomic mass is 10.1. The Labute approximate surface area is 194 Å². The van der Waals surface area contributed by atoms with Gasteiger partial charge in [0.15, 0.2) is 5.65 Å². The minimum absolute atomic E-state index is 0.00801. The van der Waals surface area contributed by atoms with Crippen LogP contribution in [0.15, 0.2) is 35.4 Å². The van der Waals surface area contributed by atoms with E-state index in [0.717, 1.165) is 12.8 Å². The lowest BCUT2D eigenvalue weighted by Crippen LogP contribution is -2.42. The Kier molecular flexibility index (Phi) is 6.18. The van der Waals surface area contributed by atoms with Crippen LogP contribution in [0.3, 0.4) is 0 Å². The number of aliphatic hydroxyl groups excluding tert-OH is 1. The van der Waals surface area contributed by atoms with E-state index in [0.29, 0.717) is 36.2 Å². The van der Waals surface area contributed by atoms with Crippen LogP contribution in [0.4, 0.5) is 17.3 Å². The number of anilines is 3. The van der Waals surface area contributed by atoms with E-state index in [1.165, 1.54) is 10.7 Å². The molecule has 1 amide bonds. The number of aromatic nitrogens is 4. The molecule has 4 N–H and O–H groups in total. The van der Waals surface area contributed by atoms with Crippen LogP contribution in [0.25, 0.3) is 5.65 Å². The first-order valence-electron chi connectivity index (χ1n) is 11.2. The maximum absolute atomic E-state index is 13.1. The Morgan fingerprint density at radius 2 is 2.15 bits per heavy atom. The predicted molar refractivity (Wildman–Crippen MR) is 124 cm³/mol. The summed E-state index contributed by atoms with van der Waals surface area (Å²) in [6.07, 6.45) is 4.21. The Hall–Kier alpha value is -3.48. The third-order valence-electron chi connectivity index (χ3n) is 6.11. The Balaban J connectivity index is 1.46. The first-order valence-corrected chi connectivity index (χ1v) is 11.2. The number of ether oxygens (including phenoxy) is 2. The van der Waals surface area contributed by atoms with E-state index in [1.54, 1.807) is 29.9 Å². The van der Waals surface area contributed by atoms with E-state index >= 15 is 0 Å². The Morgan fingerprint density at radius 3 is 2.88 bits per heavy atom. The molecule has 2 saturated heterocycles. The van der Waals surface area contributed by atoms with Crippen molar-refractivity contribution in [3.8, 4) is 0 Å². The van der Waals surface area contributed by atoms with Crippen LogP contribution in [0, 0.1) is 0 Å². The summed E-state index contributed by atoms with van der Waals surface area (Å²) in [5.74, 6) is 0.536. The molecule has 5 rings (SSSR count). The van der Waals surface area contributed by atoms with Crippen LogP contribution in [0.2, 0.25) is 0 Å². The first kappa shape index (κ1) is 22.3. The molecule has 3 atom stereocenters. The molecular formula is C22H27N7O5. The van der Waals surface area contributed by atoms with Crippen molar-refractivity contribution in [1.29, 1.82) is 0 Å². The highest BCUT2D eigenvalue weighted by atomic mass is 16.5. The van der Waals surface area contributed by atoms with Gasteiger partial charge < -0.3 is 35.1 Å². The summed E-state index contributed by atoms with van der Waals surface area (Å²) < 4.78 is 13.9. The van der Waals surface area contributed by atoms with Crippen molar-refractivity contribution in [1.82, 2.24) is 24.5 Å². The number of nitrogens with one attached hydrogen (secondary N) is 3. The molecule has 0 spiro atoms. The van der Waals surface area contributed by atoms with Gasteiger partial charge in [0.25, 0.3) is 11.5 Å². The lowest BCUT2D eigenvalue weighted by molar-refractivity contribution is 0.0581. The molecule has 2 aliphatic heterocycles. The summed E-state index contributed by atoms with van der Waals surface area (Å²) in [6.45, 7) is 1.64. The van der Waals surface area contributed by atoms with E-state index in [4.69, 9.17) is 9.47 Å². The van der Waals surface area contributed by atoms with E-state index in [1.807, 2.05) is 6.07 Å². The number of hydrogen-bond acceptors (Lipinski definition) is 9. The number of nitrogens with zero attached hydrogens (tertiary/aromatic N) is 4. The number of rotatable bonds is 6. The second kappa shape index (κ2) is 9.41. The molecule has 0 saturated carbocycles. The summed E-state index contributed by atoms with van der Waals surface area (Å²) in [7, 11) is 1.73. The smallest absolute Gasteiger partial charge is 0.274 e. The maximum atomic E-state index is 13.1. The zero-order chi connectivity index (χ0) is 23.7. The van der Waals surface area contributed by atoms with Gasteiger partial charge in [-0.15, -0.1) is 0 Å². The molecule has 5 heterocycles. The molecule has 34 heavy (non-hydrogen) atoms. The second-order valence-electron chi connectivity index (χ2n) is 8.39. The Morgan fingerprint density at radius 1 is 1.26 bits per heavy atom. The molecule has 2 aliphatic rings. The van der Waals surface area contributed by atoms with Gasteiger partial charge in [0.1, 0.15) is 22.9 Å². The molecule has 2 fully saturated rings. The van der Waals surface area contributed by atoms with Crippen LogP contribution < -0.4 is 21.5 Å². The largest absolute Gasteiger partial charge is 0.388 e. The summed E-state index contributed by atoms with van der Waals surface area (Å²) in [5.41, 5.74) is 0.734. The SMILES string of the molecule is CNc1cc(Nc2cccn([C@H]3CCCOC3)c2=O)nc2c(C(=O)NC3COC[C@@H]3O)cnn12. The van der Waals surface area contributed by atoms with Gasteiger partial charge in [-0.2, -0.15) is 9.61 Å². The minimum atomic E-state index is -0.765. The molecule has 3 aromatic heterocycles. The van der Waals surface area contributed by atoms with Crippen molar-refractivity contribution in [3.63, 3.8) is 0 Å². The number of fused-ring (bicyclic) bond motifs is 1. The fourth-order valence-corrected chi connectivity index (χ4v) is 4.27. The van der Waals surface area contributed by atoms with Crippen molar-refractivity contribution in [2.45, 2.75) is 31.0 Å². The van der Waals surface area contributed by atoms with Gasteiger partial charge in [-0.3, -0.25) is 9.59 Å². The number of pyridine rings is 1. The van der Waals surface area contributed by atoms with Crippen LogP contribution in [-0.2, 0) is 9.47 Å². The van der Waals surface area contributed by atoms with Gasteiger partial charge in [0, 0.05) is 25.9 Å². The number of carbonyl (C=O) groups excluding carboxylic acids is 1. The summed E-state index contributed by atoms with van der Waals surface area (Å²) >= 11 is 0. The molecule has 12 nitrogen and oxygen atoms in total. The Bertz CT molecular complexity index is 1250. The van der Waals surface area contributed by atoms with E-state index in [9.17, 15) is 14.7 Å². The molecule has 0 aliphatic carbocycles. The standard InChI is InChI=1S/C22H27N7O5/c1-23-19-8-18(25-15-5-2-6-28(22(15)32)13-4-3-7-33-10-13)27-20-14(9-24-29(19)20)21(31)26-16-11-34-12-17(16)30/h2,5-6,8-9,13,16-17,23,30H,3-4,7,10-12H2,1H3,(H,25,27)(H,26,31)/t13-,16?,17-/m0/s1. The average Bonchev–Trinajstić information content (AvgIpc) is 3.46. The highest BCUT2D eigenvalue weighted by molar-refractivity contribution is 6.00. The zero-order valence-electron chi connectivity index (χ0n) is 18.7. The summed E-state index contributed by atoms with van der Waals surface area (Å²) in [5, 5.41) is 23.1. The molecular weight excluding hydrogens is 442 g/mol. The summed E-state index contributed by atoms with van der Waals surface area (Å²) in [4.78, 5) is 30.6. The van der Waals surface area contributed by atoms with E-state index in [-0.39, 0.29) is 30.4 Å². The van der Waals surface area contributed by atoms with Crippen LogP contribution in [0.5, 0.6) is 0 Å². The summed E-state index contributed by atoms with van der Waals surface area (Å²) in [6, 6.07) is 4.70. The number of hydrogen-bond donors (Lipinski definition) is 4. The van der Waals surface area contributed by atoms with Crippen molar-refractivity contribution in [2.75, 3.05) is 44.1 Å². The normalized spacial score (nSPS) is 22.6. The van der Waals surface area contributed by atoms with Gasteiger partial charge >= 0.3 is 0 Å². The third-order valence-corrected chi connectivity index (χ3v) is 6.11. The van der Waals surface area contributed by atoms with Crippen LogP contribution >= 0.6 is 0 Å². The lowest BCUT2D eigenvalue weighted by Gasteiger charge is -2.24. The molecule has 180 valence electrons. The van der Waals surface area contributed by atoms with Gasteiger partial charge in [0.05, 0.1) is 44.2 Å².